The van der Waals surface area contributed by atoms with Crippen LogP contribution in [0.5, 0.6) is 0 Å². The molecule has 7 nitrogen and oxygen atoms in total. The summed E-state index contributed by atoms with van der Waals surface area (Å²) < 4.78 is 41.3. The van der Waals surface area contributed by atoms with Crippen LogP contribution in [0.1, 0.15) is 57.1 Å². The molecule has 1 N–H and O–H groups in total. The second kappa shape index (κ2) is 14.2. The van der Waals surface area contributed by atoms with Gasteiger partial charge in [-0.1, -0.05) is 43.2 Å². The number of benzene rings is 2. The second-order valence-corrected chi connectivity index (χ2v) is 12.1. The van der Waals surface area contributed by atoms with Gasteiger partial charge in [-0.25, -0.2) is 8.78 Å². The van der Waals surface area contributed by atoms with E-state index in [1.165, 1.54) is 12.1 Å². The molecule has 3 aliphatic heterocycles. The molecule has 1 aromatic heterocycles. The lowest BCUT2D eigenvalue weighted by Gasteiger charge is -2.40. The number of hydrogen-bond acceptors (Lipinski definition) is 6. The zero-order chi connectivity index (χ0) is 29.6. The van der Waals surface area contributed by atoms with E-state index in [0.29, 0.717) is 32.1 Å². The number of pyridine rings is 1. The Bertz CT molecular complexity index is 1410. The molecule has 4 heterocycles. The van der Waals surface area contributed by atoms with Crippen LogP contribution in [-0.4, -0.2) is 78.1 Å². The Hall–Kier alpha value is -2.95. The van der Waals surface area contributed by atoms with Gasteiger partial charge in [0, 0.05) is 63.2 Å². The second-order valence-electron chi connectivity index (χ2n) is 12.1. The molecule has 6 rings (SSSR count). The van der Waals surface area contributed by atoms with Crippen molar-refractivity contribution in [3.05, 3.63) is 93.8 Å². The number of nitrogens with zero attached hydrogens (tertiary/aromatic N) is 3. The number of morpholine rings is 1. The van der Waals surface area contributed by atoms with E-state index in [1.54, 1.807) is 6.07 Å². The van der Waals surface area contributed by atoms with Crippen molar-refractivity contribution >= 4 is 0 Å². The Morgan fingerprint density at radius 1 is 0.907 bits per heavy atom. The van der Waals surface area contributed by atoms with E-state index in [1.807, 2.05) is 36.5 Å². The topological polar surface area (TPSA) is 61.0 Å². The summed E-state index contributed by atoms with van der Waals surface area (Å²) in [5.41, 5.74) is 3.00. The van der Waals surface area contributed by atoms with Gasteiger partial charge in [-0.2, -0.15) is 0 Å². The van der Waals surface area contributed by atoms with Crippen molar-refractivity contribution < 1.29 is 19.7 Å². The average Bonchev–Trinajstić information content (AvgIpc) is 3.40. The van der Waals surface area contributed by atoms with Gasteiger partial charge in [0.15, 0.2) is 5.43 Å². The molecule has 3 fully saturated rings. The quantitative estimate of drug-likeness (QED) is 0.357. The fourth-order valence-corrected chi connectivity index (χ4v) is 6.74. The van der Waals surface area contributed by atoms with Gasteiger partial charge >= 0.3 is 0 Å². The van der Waals surface area contributed by atoms with E-state index >= 15 is 0 Å². The van der Waals surface area contributed by atoms with Crippen molar-refractivity contribution in [1.29, 1.82) is 0 Å². The number of nitrogens with one attached hydrogen (secondary N) is 1. The highest BCUT2D eigenvalue weighted by Gasteiger charge is 2.43. The van der Waals surface area contributed by atoms with Crippen LogP contribution in [0.2, 0.25) is 0 Å². The fraction of sp³-hybridized carbons (Fsp3) is 0.500. The lowest BCUT2D eigenvalue weighted by molar-refractivity contribution is -0.128. The molecule has 3 aliphatic rings. The van der Waals surface area contributed by atoms with Gasteiger partial charge in [0.2, 0.25) is 0 Å². The molecule has 0 unspecified atom stereocenters. The predicted octanol–water partition coefficient (Wildman–Crippen LogP) is 5.78. The summed E-state index contributed by atoms with van der Waals surface area (Å²) in [6, 6.07) is 14.9. The van der Waals surface area contributed by atoms with E-state index in [0.717, 1.165) is 87.6 Å². The highest BCUT2D eigenvalue weighted by Crippen LogP contribution is 2.40. The molecule has 232 valence electrons. The van der Waals surface area contributed by atoms with E-state index in [9.17, 15) is 13.6 Å². The fourth-order valence-electron chi connectivity index (χ4n) is 6.74. The first-order valence-electron chi connectivity index (χ1n) is 15.7. The maximum Gasteiger partial charge on any atom is 0.186 e. The zero-order valence-electron chi connectivity index (χ0n) is 24.7. The van der Waals surface area contributed by atoms with Gasteiger partial charge in [-0.3, -0.25) is 19.5 Å². The number of ether oxygens (including phenoxy) is 2. The monoisotopic (exact) mass is 594 g/mol. The molecule has 2 aromatic carbocycles. The Balaban J connectivity index is 0.00000384. The number of rotatable bonds is 8. The first-order chi connectivity index (χ1) is 21.0. The molecular formula is C34H44F2N4O3. The average molecular weight is 595 g/mol. The first-order valence-corrected chi connectivity index (χ1v) is 15.7. The number of H-pyrrole nitrogens is 1. The Kier molecular flexibility index (Phi) is 9.95. The number of aromatic nitrogens is 1. The highest BCUT2D eigenvalue weighted by atomic mass is 19.1. The number of hydrogen-bond donors (Lipinski definition) is 1. The number of fused-ring (bicyclic) bond motifs is 2. The van der Waals surface area contributed by atoms with E-state index in [2.05, 4.69) is 19.7 Å². The molecule has 0 spiro atoms. The van der Waals surface area contributed by atoms with E-state index in [4.69, 9.17) is 9.47 Å². The number of halogens is 2. The van der Waals surface area contributed by atoms with Crippen LogP contribution in [0, 0.1) is 11.6 Å². The highest BCUT2D eigenvalue weighted by molar-refractivity contribution is 5.58. The number of likely N-dealkylation sites (tertiary alicyclic amines) is 1. The third kappa shape index (κ3) is 7.59. The molecule has 0 amide bonds. The summed E-state index contributed by atoms with van der Waals surface area (Å²) >= 11 is 0. The van der Waals surface area contributed by atoms with Crippen LogP contribution >= 0.6 is 0 Å². The van der Waals surface area contributed by atoms with Gasteiger partial charge in [0.1, 0.15) is 25.1 Å². The molecule has 3 aromatic rings. The van der Waals surface area contributed by atoms with Crippen molar-refractivity contribution in [2.75, 3.05) is 46.2 Å². The Morgan fingerprint density at radius 3 is 2.51 bits per heavy atom. The third-order valence-electron chi connectivity index (χ3n) is 9.04. The SMILES string of the molecule is O=c1cc(-c2ccccc2)[nH]cc1CN1CCCCCCN(COCN2C[C@H]3CC[C@H](O3)[C@H]2c2cc(F)ccc2F)CC1.[HH]. The zero-order valence-corrected chi connectivity index (χ0v) is 24.7. The first kappa shape index (κ1) is 30.1. The Labute approximate surface area is 253 Å². The summed E-state index contributed by atoms with van der Waals surface area (Å²) in [5.74, 6) is -0.848. The lowest BCUT2D eigenvalue weighted by Crippen LogP contribution is -2.47. The predicted molar refractivity (Wildman–Crippen MR) is 164 cm³/mol. The largest absolute Gasteiger partial charge is 0.372 e. The molecule has 0 saturated carbocycles. The molecule has 0 aliphatic carbocycles. The Morgan fingerprint density at radius 2 is 1.70 bits per heavy atom. The van der Waals surface area contributed by atoms with Gasteiger partial charge in [0.05, 0.1) is 18.2 Å². The van der Waals surface area contributed by atoms with Crippen LogP contribution < -0.4 is 5.43 Å². The minimum absolute atomic E-state index is 0. The van der Waals surface area contributed by atoms with Crippen LogP contribution in [0.15, 0.2) is 65.6 Å². The van der Waals surface area contributed by atoms with Crippen molar-refractivity contribution in [2.45, 2.75) is 63.3 Å². The molecule has 9 heteroatoms. The smallest absolute Gasteiger partial charge is 0.186 e. The summed E-state index contributed by atoms with van der Waals surface area (Å²) in [6.45, 7) is 5.60. The minimum Gasteiger partial charge on any atom is -0.372 e. The van der Waals surface area contributed by atoms with Crippen LogP contribution in [0.25, 0.3) is 11.3 Å². The summed E-state index contributed by atoms with van der Waals surface area (Å²) in [6.07, 6.45) is 8.11. The van der Waals surface area contributed by atoms with Gasteiger partial charge in [0.25, 0.3) is 0 Å². The van der Waals surface area contributed by atoms with Crippen molar-refractivity contribution in [3.63, 3.8) is 0 Å². The molecule has 2 bridgehead atoms. The van der Waals surface area contributed by atoms with Gasteiger partial charge < -0.3 is 14.5 Å². The minimum atomic E-state index is -0.441. The molecule has 0 radical (unpaired) electrons. The summed E-state index contributed by atoms with van der Waals surface area (Å²) in [4.78, 5) is 23.1. The van der Waals surface area contributed by atoms with Crippen molar-refractivity contribution in [1.82, 2.24) is 19.7 Å². The van der Waals surface area contributed by atoms with Crippen LogP contribution in [0.3, 0.4) is 0 Å². The van der Waals surface area contributed by atoms with E-state index in [-0.39, 0.29) is 25.1 Å². The molecule has 3 saturated heterocycles. The third-order valence-corrected chi connectivity index (χ3v) is 9.04. The van der Waals surface area contributed by atoms with Crippen molar-refractivity contribution in [2.24, 2.45) is 0 Å². The lowest BCUT2D eigenvalue weighted by atomic mass is 9.98. The molecular weight excluding hydrogens is 550 g/mol. The maximum atomic E-state index is 14.8. The summed E-state index contributed by atoms with van der Waals surface area (Å²) in [5, 5.41) is 0. The van der Waals surface area contributed by atoms with Crippen molar-refractivity contribution in [3.8, 4) is 11.3 Å². The standard InChI is InChI=1S/C34H42F2N4O3.H2/c35-27-10-12-30(36)29(18-27)34-33-13-11-28(43-33)22-40(34)24-42-23-39-15-7-2-1-6-14-38(16-17-39)21-26-20-37-31(19-32(26)41)25-8-4-3-5-9-25;/h3-5,8-10,12,18-20,28,33-34H,1-2,6-7,11,13-17,21-24H2,(H,37,41);1H/t28-,33+,34-;/m1./s1. The molecule has 43 heavy (non-hydrogen) atoms. The van der Waals surface area contributed by atoms with E-state index < -0.39 is 11.6 Å². The summed E-state index contributed by atoms with van der Waals surface area (Å²) in [7, 11) is 0. The van der Waals surface area contributed by atoms with Crippen LogP contribution in [0.4, 0.5) is 8.78 Å². The number of aromatic amines is 1. The van der Waals surface area contributed by atoms with Gasteiger partial charge in [-0.15, -0.1) is 0 Å². The normalized spacial score (nSPS) is 24.3. The van der Waals surface area contributed by atoms with Crippen LogP contribution in [-0.2, 0) is 16.0 Å². The van der Waals surface area contributed by atoms with Gasteiger partial charge in [-0.05, 0) is 56.0 Å². The molecule has 3 atom stereocenters. The maximum absolute atomic E-state index is 14.8.